The van der Waals surface area contributed by atoms with E-state index in [4.69, 9.17) is 0 Å². The van der Waals surface area contributed by atoms with Crippen LogP contribution in [0.4, 0.5) is 10.1 Å². The highest BCUT2D eigenvalue weighted by molar-refractivity contribution is 5.92. The summed E-state index contributed by atoms with van der Waals surface area (Å²) >= 11 is 0. The fourth-order valence-electron chi connectivity index (χ4n) is 2.14. The van der Waals surface area contributed by atoms with Crippen LogP contribution in [0, 0.1) is 5.82 Å². The number of rotatable bonds is 5. The van der Waals surface area contributed by atoms with Crippen LogP contribution >= 0.6 is 0 Å². The Kier molecular flexibility index (Phi) is 5.84. The highest BCUT2D eigenvalue weighted by Crippen LogP contribution is 2.12. The molecule has 0 atom stereocenters. The molecule has 0 unspecified atom stereocenters. The molecule has 5 heteroatoms. The topological polar surface area (TPSA) is 49.4 Å². The molecule has 4 nitrogen and oxygen atoms in total. The number of anilines is 1. The van der Waals surface area contributed by atoms with E-state index in [2.05, 4.69) is 5.32 Å². The molecule has 0 fully saturated rings. The van der Waals surface area contributed by atoms with Crippen LogP contribution in [0.5, 0.6) is 0 Å². The van der Waals surface area contributed by atoms with Crippen molar-refractivity contribution in [1.82, 2.24) is 4.90 Å². The van der Waals surface area contributed by atoms with E-state index in [-0.39, 0.29) is 24.2 Å². The first-order valence-corrected chi connectivity index (χ1v) is 7.50. The molecule has 2 aromatic carbocycles. The molecule has 1 N–H and O–H groups in total. The number of amides is 2. The largest absolute Gasteiger partial charge is 0.338 e. The molecule has 0 aliphatic heterocycles. The molecule has 0 saturated heterocycles. The summed E-state index contributed by atoms with van der Waals surface area (Å²) in [5.74, 6) is -0.679. The van der Waals surface area contributed by atoms with E-state index in [0.29, 0.717) is 11.3 Å². The highest BCUT2D eigenvalue weighted by Gasteiger charge is 2.08. The highest BCUT2D eigenvalue weighted by atomic mass is 19.1. The van der Waals surface area contributed by atoms with Gasteiger partial charge >= 0.3 is 0 Å². The smallest absolute Gasteiger partial charge is 0.246 e. The molecule has 0 aliphatic rings. The summed E-state index contributed by atoms with van der Waals surface area (Å²) < 4.78 is 13.6. The second kappa shape index (κ2) is 8.06. The van der Waals surface area contributed by atoms with Crippen LogP contribution in [0.15, 0.2) is 54.6 Å². The van der Waals surface area contributed by atoms with Crippen molar-refractivity contribution in [2.45, 2.75) is 13.5 Å². The minimum atomic E-state index is -0.324. The Labute approximate surface area is 140 Å². The van der Waals surface area contributed by atoms with E-state index < -0.39 is 0 Å². The van der Waals surface area contributed by atoms with Crippen molar-refractivity contribution < 1.29 is 14.0 Å². The van der Waals surface area contributed by atoms with Gasteiger partial charge in [0.2, 0.25) is 11.8 Å². The van der Waals surface area contributed by atoms with E-state index in [1.54, 1.807) is 55.6 Å². The molecule has 2 aromatic rings. The maximum absolute atomic E-state index is 13.6. The van der Waals surface area contributed by atoms with Crippen LogP contribution in [-0.4, -0.2) is 23.8 Å². The summed E-state index contributed by atoms with van der Waals surface area (Å²) in [4.78, 5) is 24.5. The Hall–Kier alpha value is -2.95. The van der Waals surface area contributed by atoms with Crippen molar-refractivity contribution in [3.05, 3.63) is 71.6 Å². The van der Waals surface area contributed by atoms with Gasteiger partial charge in [-0.25, -0.2) is 4.39 Å². The van der Waals surface area contributed by atoms with Gasteiger partial charge in [0.05, 0.1) is 0 Å². The van der Waals surface area contributed by atoms with Gasteiger partial charge in [-0.3, -0.25) is 9.59 Å². The van der Waals surface area contributed by atoms with Crippen LogP contribution in [0.3, 0.4) is 0 Å². The molecule has 0 aliphatic carbocycles. The van der Waals surface area contributed by atoms with Gasteiger partial charge in [0, 0.05) is 37.8 Å². The lowest BCUT2D eigenvalue weighted by molar-refractivity contribution is -0.125. The standard InChI is InChI=1S/C19H19FN2O2/c1-14(23)21-17-10-7-15(8-11-17)9-12-19(24)22(2)13-16-5-3-4-6-18(16)20/h3-12H,13H2,1-2H3,(H,21,23)/b12-9+. The molecule has 0 aromatic heterocycles. The van der Waals surface area contributed by atoms with E-state index >= 15 is 0 Å². The quantitative estimate of drug-likeness (QED) is 0.856. The van der Waals surface area contributed by atoms with E-state index in [0.717, 1.165) is 5.56 Å². The van der Waals surface area contributed by atoms with Crippen molar-refractivity contribution in [2.24, 2.45) is 0 Å². The lowest BCUT2D eigenvalue weighted by Crippen LogP contribution is -2.24. The number of hydrogen-bond donors (Lipinski definition) is 1. The molecule has 2 amide bonds. The summed E-state index contributed by atoms with van der Waals surface area (Å²) in [6.45, 7) is 1.65. The van der Waals surface area contributed by atoms with Gasteiger partial charge in [-0.2, -0.15) is 0 Å². The lowest BCUT2D eigenvalue weighted by atomic mass is 10.2. The fourth-order valence-corrected chi connectivity index (χ4v) is 2.14. The molecule has 0 heterocycles. The summed E-state index contributed by atoms with van der Waals surface area (Å²) in [6.07, 6.45) is 3.12. The molecule has 0 spiro atoms. The molecule has 0 radical (unpaired) electrons. The number of hydrogen-bond acceptors (Lipinski definition) is 2. The van der Waals surface area contributed by atoms with Crippen LogP contribution in [0.2, 0.25) is 0 Å². The van der Waals surface area contributed by atoms with Crippen LogP contribution in [0.25, 0.3) is 6.08 Å². The number of nitrogens with one attached hydrogen (secondary N) is 1. The van der Waals surface area contributed by atoms with E-state index in [9.17, 15) is 14.0 Å². The third-order valence-electron chi connectivity index (χ3n) is 3.39. The summed E-state index contributed by atoms with van der Waals surface area (Å²) in [6, 6.07) is 13.5. The Morgan fingerprint density at radius 3 is 2.42 bits per heavy atom. The van der Waals surface area contributed by atoms with Gasteiger partial charge in [0.25, 0.3) is 0 Å². The zero-order valence-corrected chi connectivity index (χ0v) is 13.6. The first-order chi connectivity index (χ1) is 11.5. The second-order valence-corrected chi connectivity index (χ2v) is 5.42. The average molecular weight is 326 g/mol. The first kappa shape index (κ1) is 17.4. The number of likely N-dealkylation sites (N-methyl/N-ethyl adjacent to an activating group) is 1. The molecule has 0 bridgehead atoms. The number of carbonyl (C=O) groups is 2. The Balaban J connectivity index is 1.96. The fraction of sp³-hybridized carbons (Fsp3) is 0.158. The summed E-state index contributed by atoms with van der Waals surface area (Å²) in [7, 11) is 1.62. The van der Waals surface area contributed by atoms with Crippen molar-refractivity contribution in [2.75, 3.05) is 12.4 Å². The van der Waals surface area contributed by atoms with Crippen LogP contribution < -0.4 is 5.32 Å². The predicted molar refractivity (Wildman–Crippen MR) is 92.7 cm³/mol. The molecule has 124 valence electrons. The minimum absolute atomic E-state index is 0.136. The Morgan fingerprint density at radius 2 is 1.79 bits per heavy atom. The molecule has 0 saturated carbocycles. The third kappa shape index (κ3) is 5.05. The molecular formula is C19H19FN2O2. The van der Waals surface area contributed by atoms with Crippen molar-refractivity contribution >= 4 is 23.6 Å². The molecule has 2 rings (SSSR count). The van der Waals surface area contributed by atoms with Gasteiger partial charge in [0.15, 0.2) is 0 Å². The minimum Gasteiger partial charge on any atom is -0.338 e. The third-order valence-corrected chi connectivity index (χ3v) is 3.39. The number of benzene rings is 2. The normalized spacial score (nSPS) is 10.6. The zero-order valence-electron chi connectivity index (χ0n) is 13.6. The van der Waals surface area contributed by atoms with Gasteiger partial charge in [-0.1, -0.05) is 30.3 Å². The van der Waals surface area contributed by atoms with Crippen LogP contribution in [0.1, 0.15) is 18.1 Å². The second-order valence-electron chi connectivity index (χ2n) is 5.42. The lowest BCUT2D eigenvalue weighted by Gasteiger charge is -2.15. The Bertz CT molecular complexity index is 754. The molecule has 24 heavy (non-hydrogen) atoms. The number of nitrogens with zero attached hydrogens (tertiary/aromatic N) is 1. The number of halogens is 1. The average Bonchev–Trinajstić information content (AvgIpc) is 2.55. The predicted octanol–water partition coefficient (Wildman–Crippen LogP) is 3.46. The molecular weight excluding hydrogens is 307 g/mol. The van der Waals surface area contributed by atoms with Crippen LogP contribution in [-0.2, 0) is 16.1 Å². The maximum atomic E-state index is 13.6. The van der Waals surface area contributed by atoms with E-state index in [1.807, 2.05) is 0 Å². The van der Waals surface area contributed by atoms with E-state index in [1.165, 1.54) is 24.0 Å². The number of carbonyl (C=O) groups excluding carboxylic acids is 2. The maximum Gasteiger partial charge on any atom is 0.246 e. The van der Waals surface area contributed by atoms with Gasteiger partial charge < -0.3 is 10.2 Å². The summed E-state index contributed by atoms with van der Waals surface area (Å²) in [5, 5.41) is 2.67. The summed E-state index contributed by atoms with van der Waals surface area (Å²) in [5.41, 5.74) is 2.00. The van der Waals surface area contributed by atoms with Crippen molar-refractivity contribution in [1.29, 1.82) is 0 Å². The zero-order chi connectivity index (χ0) is 17.5. The SMILES string of the molecule is CC(=O)Nc1ccc(/C=C/C(=O)N(C)Cc2ccccc2F)cc1. The van der Waals surface area contributed by atoms with Gasteiger partial charge in [-0.15, -0.1) is 0 Å². The van der Waals surface area contributed by atoms with Crippen molar-refractivity contribution in [3.8, 4) is 0 Å². The van der Waals surface area contributed by atoms with Gasteiger partial charge in [0.1, 0.15) is 5.82 Å². The first-order valence-electron chi connectivity index (χ1n) is 7.50. The van der Waals surface area contributed by atoms with Crippen molar-refractivity contribution in [3.63, 3.8) is 0 Å². The van der Waals surface area contributed by atoms with Gasteiger partial charge in [-0.05, 0) is 29.8 Å². The Morgan fingerprint density at radius 1 is 1.12 bits per heavy atom. The monoisotopic (exact) mass is 326 g/mol.